The maximum atomic E-state index is 14.4. The average molecular weight is 610 g/mol. The summed E-state index contributed by atoms with van der Waals surface area (Å²) in [6.45, 7) is 3.29. The molecule has 0 amide bonds. The van der Waals surface area contributed by atoms with Crippen LogP contribution in [0.3, 0.4) is 0 Å². The zero-order chi connectivity index (χ0) is 31.3. The Morgan fingerprint density at radius 2 is 1.00 bits per heavy atom. The third kappa shape index (κ3) is 5.37. The average Bonchev–Trinajstić information content (AvgIpc) is 2.80. The SMILES string of the molecule is CCC(C)c1cccc(C(CC(F)(F)C(F)(F)C(F)(F)C(F)(F)C(F)(F)C(F)(F)C(F)(F)C(F)(F)F)OC)c1. The minimum atomic E-state index is -8.65. The normalized spacial score (nSPS) is 16.8. The van der Waals surface area contributed by atoms with Crippen LogP contribution in [-0.2, 0) is 4.74 Å². The van der Waals surface area contributed by atoms with Crippen molar-refractivity contribution in [1.82, 2.24) is 0 Å². The van der Waals surface area contributed by atoms with Crippen LogP contribution in [0, 0.1) is 0 Å². The molecule has 0 saturated heterocycles. The molecule has 0 spiro atoms. The molecule has 0 aliphatic carbocycles. The molecule has 0 heterocycles. The van der Waals surface area contributed by atoms with E-state index in [0.29, 0.717) is 19.1 Å². The molecule has 0 N–H and O–H groups in total. The fraction of sp³-hybridized carbons (Fsp3) is 0.714. The summed E-state index contributed by atoms with van der Waals surface area (Å²) in [7, 11) is 0.565. The Hall–Kier alpha value is -2.01. The van der Waals surface area contributed by atoms with E-state index in [1.165, 1.54) is 12.1 Å². The van der Waals surface area contributed by atoms with E-state index in [0.717, 1.165) is 12.1 Å². The van der Waals surface area contributed by atoms with Crippen LogP contribution in [0.25, 0.3) is 0 Å². The fourth-order valence-corrected chi connectivity index (χ4v) is 3.20. The minimum absolute atomic E-state index is 0.286. The Balaban J connectivity index is 3.58. The molecule has 18 heteroatoms. The molecule has 1 aromatic rings. The fourth-order valence-electron chi connectivity index (χ4n) is 3.20. The second-order valence-electron chi connectivity index (χ2n) is 8.56. The zero-order valence-electron chi connectivity index (χ0n) is 19.7. The summed E-state index contributed by atoms with van der Waals surface area (Å²) >= 11 is 0. The van der Waals surface area contributed by atoms with Crippen LogP contribution in [0.1, 0.15) is 49.8 Å². The molecular weight excluding hydrogens is 591 g/mol. The number of alkyl halides is 17. The van der Waals surface area contributed by atoms with Gasteiger partial charge in [-0.3, -0.25) is 0 Å². The second-order valence-corrected chi connectivity index (χ2v) is 8.56. The van der Waals surface area contributed by atoms with Crippen molar-refractivity contribution in [2.24, 2.45) is 0 Å². The summed E-state index contributed by atoms with van der Waals surface area (Å²) in [5.41, 5.74) is -0.0565. The lowest BCUT2D eigenvalue weighted by Gasteiger charge is -2.43. The van der Waals surface area contributed by atoms with Gasteiger partial charge in [0.25, 0.3) is 0 Å². The van der Waals surface area contributed by atoms with E-state index >= 15 is 0 Å². The van der Waals surface area contributed by atoms with E-state index in [1.807, 2.05) is 0 Å². The molecule has 1 nitrogen and oxygen atoms in total. The smallest absolute Gasteiger partial charge is 0.377 e. The summed E-state index contributed by atoms with van der Waals surface area (Å²) in [5, 5.41) is 0. The van der Waals surface area contributed by atoms with Crippen LogP contribution in [0.5, 0.6) is 0 Å². The lowest BCUT2D eigenvalue weighted by molar-refractivity contribution is -0.462. The van der Waals surface area contributed by atoms with Crippen molar-refractivity contribution >= 4 is 0 Å². The molecule has 2 atom stereocenters. The first-order valence-electron chi connectivity index (χ1n) is 10.5. The molecule has 0 bridgehead atoms. The van der Waals surface area contributed by atoms with E-state index in [-0.39, 0.29) is 5.92 Å². The van der Waals surface area contributed by atoms with Crippen molar-refractivity contribution < 1.29 is 79.4 Å². The van der Waals surface area contributed by atoms with Crippen LogP contribution in [0.15, 0.2) is 24.3 Å². The van der Waals surface area contributed by atoms with Crippen LogP contribution < -0.4 is 0 Å². The standard InChI is InChI=1S/C21H19F17O/c1-4-10(2)11-6-5-7-12(8-11)13(39-3)9-14(22,23)15(24,25)16(26,27)17(28,29)18(30,31)19(32,33)20(34,35)21(36,37)38/h5-8,10,13H,4,9H2,1-3H3. The van der Waals surface area contributed by atoms with Gasteiger partial charge in [0.2, 0.25) is 0 Å². The quantitative estimate of drug-likeness (QED) is 0.215. The second kappa shape index (κ2) is 10.4. The highest BCUT2D eigenvalue weighted by Crippen LogP contribution is 2.64. The Morgan fingerprint density at radius 1 is 0.615 bits per heavy atom. The summed E-state index contributed by atoms with van der Waals surface area (Å²) < 4.78 is 233. The molecule has 0 fully saturated rings. The first-order valence-corrected chi connectivity index (χ1v) is 10.5. The number of hydrogen-bond acceptors (Lipinski definition) is 1. The molecule has 2 unspecified atom stereocenters. The molecule has 0 aromatic heterocycles. The molecule has 39 heavy (non-hydrogen) atoms. The van der Waals surface area contributed by atoms with Gasteiger partial charge in [-0.2, -0.15) is 74.6 Å². The third-order valence-electron chi connectivity index (χ3n) is 5.98. The molecule has 0 aliphatic heterocycles. The number of ether oxygens (including phenoxy) is 1. The largest absolute Gasteiger partial charge is 0.460 e. The number of benzene rings is 1. The number of halogens is 17. The van der Waals surface area contributed by atoms with Crippen molar-refractivity contribution in [3.63, 3.8) is 0 Å². The van der Waals surface area contributed by atoms with Gasteiger partial charge < -0.3 is 4.74 Å². The Kier molecular flexibility index (Phi) is 9.37. The van der Waals surface area contributed by atoms with Gasteiger partial charge in [0.1, 0.15) is 0 Å². The Bertz CT molecular complexity index is 983. The first kappa shape index (κ1) is 35.0. The Labute approximate surface area is 209 Å². The molecular formula is C21H19F17O. The topological polar surface area (TPSA) is 9.23 Å². The summed E-state index contributed by atoms with van der Waals surface area (Å²) in [6, 6.07) is 4.60. The summed E-state index contributed by atoms with van der Waals surface area (Å²) in [5.74, 6) is -56.8. The van der Waals surface area contributed by atoms with E-state index in [4.69, 9.17) is 0 Å². The maximum absolute atomic E-state index is 14.4. The highest BCUT2D eigenvalue weighted by molar-refractivity contribution is 5.28. The van der Waals surface area contributed by atoms with Gasteiger partial charge in [0, 0.05) is 13.5 Å². The van der Waals surface area contributed by atoms with Gasteiger partial charge in [-0.05, 0) is 23.5 Å². The number of methoxy groups -OCH3 is 1. The lowest BCUT2D eigenvalue weighted by Crippen LogP contribution is -2.74. The van der Waals surface area contributed by atoms with E-state index in [1.54, 1.807) is 13.8 Å². The highest BCUT2D eigenvalue weighted by atomic mass is 19.4. The van der Waals surface area contributed by atoms with Gasteiger partial charge in [-0.25, -0.2) is 0 Å². The van der Waals surface area contributed by atoms with Gasteiger partial charge in [0.15, 0.2) is 0 Å². The molecule has 0 aliphatic rings. The van der Waals surface area contributed by atoms with Crippen molar-refractivity contribution in [3.8, 4) is 0 Å². The number of hydrogen-bond donors (Lipinski definition) is 0. The van der Waals surface area contributed by atoms with Crippen molar-refractivity contribution in [2.75, 3.05) is 7.11 Å². The predicted molar refractivity (Wildman–Crippen MR) is 100 cm³/mol. The molecule has 228 valence electrons. The number of rotatable bonds is 12. The van der Waals surface area contributed by atoms with Gasteiger partial charge in [-0.15, -0.1) is 0 Å². The first-order chi connectivity index (χ1) is 17.1. The zero-order valence-corrected chi connectivity index (χ0v) is 19.7. The molecule has 1 rings (SSSR count). The lowest BCUT2D eigenvalue weighted by atomic mass is 9.86. The predicted octanol–water partition coefficient (Wildman–Crippen LogP) is 9.29. The minimum Gasteiger partial charge on any atom is -0.377 e. The molecule has 0 saturated carbocycles. The summed E-state index contributed by atoms with van der Waals surface area (Å²) in [6.07, 6.45) is -12.3. The van der Waals surface area contributed by atoms with Gasteiger partial charge in [0.05, 0.1) is 6.10 Å². The van der Waals surface area contributed by atoms with Crippen LogP contribution in [-0.4, -0.2) is 54.7 Å². The van der Waals surface area contributed by atoms with Crippen molar-refractivity contribution in [3.05, 3.63) is 35.4 Å². The summed E-state index contributed by atoms with van der Waals surface area (Å²) in [4.78, 5) is 0. The van der Waals surface area contributed by atoms with E-state index in [2.05, 4.69) is 4.74 Å². The van der Waals surface area contributed by atoms with Crippen LogP contribution >= 0.6 is 0 Å². The highest BCUT2D eigenvalue weighted by Gasteiger charge is 2.95. The molecule has 0 radical (unpaired) electrons. The van der Waals surface area contributed by atoms with Gasteiger partial charge in [-0.1, -0.05) is 38.1 Å². The van der Waals surface area contributed by atoms with Crippen molar-refractivity contribution in [1.29, 1.82) is 0 Å². The van der Waals surface area contributed by atoms with E-state index < -0.39 is 65.7 Å². The molecule has 1 aromatic carbocycles. The Morgan fingerprint density at radius 3 is 1.38 bits per heavy atom. The van der Waals surface area contributed by atoms with Crippen molar-refractivity contribution in [2.45, 2.75) is 86.3 Å². The van der Waals surface area contributed by atoms with Crippen LogP contribution in [0.4, 0.5) is 74.6 Å². The van der Waals surface area contributed by atoms with Gasteiger partial charge >= 0.3 is 47.6 Å². The van der Waals surface area contributed by atoms with Crippen LogP contribution in [0.2, 0.25) is 0 Å². The monoisotopic (exact) mass is 610 g/mol. The maximum Gasteiger partial charge on any atom is 0.460 e. The third-order valence-corrected chi connectivity index (χ3v) is 5.98. The van der Waals surface area contributed by atoms with E-state index in [9.17, 15) is 74.6 Å².